The molecule has 3 aromatic rings. The van der Waals surface area contributed by atoms with Gasteiger partial charge in [-0.3, -0.25) is 13.9 Å². The fourth-order valence-electron chi connectivity index (χ4n) is 2.51. The third kappa shape index (κ3) is 3.66. The van der Waals surface area contributed by atoms with Crippen molar-refractivity contribution in [2.24, 2.45) is 14.1 Å². The molecule has 0 fully saturated rings. The Morgan fingerprint density at radius 2 is 1.69 bits per heavy atom. The molecule has 1 aromatic heterocycles. The highest BCUT2D eigenvalue weighted by atomic mass is 16.6. The van der Waals surface area contributed by atoms with Crippen LogP contribution in [0, 0.1) is 0 Å². The molecule has 0 N–H and O–H groups in total. The molecule has 7 nitrogen and oxygen atoms in total. The zero-order valence-corrected chi connectivity index (χ0v) is 14.5. The Balaban J connectivity index is 1.61. The van der Waals surface area contributed by atoms with E-state index in [1.165, 1.54) is 24.7 Å². The fourth-order valence-corrected chi connectivity index (χ4v) is 2.51. The van der Waals surface area contributed by atoms with E-state index >= 15 is 0 Å². The molecule has 0 bridgehead atoms. The Hall–Kier alpha value is -3.35. The summed E-state index contributed by atoms with van der Waals surface area (Å²) in [7, 11) is 2.90. The molecule has 3 rings (SSSR count). The Labute approximate surface area is 149 Å². The van der Waals surface area contributed by atoms with Crippen molar-refractivity contribution >= 4 is 16.7 Å². The normalized spacial score (nSPS) is 10.7. The first kappa shape index (κ1) is 17.5. The van der Waals surface area contributed by atoms with Crippen molar-refractivity contribution in [3.8, 4) is 5.75 Å². The van der Waals surface area contributed by atoms with Gasteiger partial charge in [-0.15, -0.1) is 0 Å². The van der Waals surface area contributed by atoms with Crippen LogP contribution in [0.5, 0.6) is 5.75 Å². The summed E-state index contributed by atoms with van der Waals surface area (Å²) in [5, 5.41) is 2.09. The lowest BCUT2D eigenvalue weighted by molar-refractivity contribution is -0.147. The molecule has 7 heteroatoms. The van der Waals surface area contributed by atoms with Gasteiger partial charge in [0.05, 0.1) is 5.69 Å². The lowest BCUT2D eigenvalue weighted by Crippen LogP contribution is -2.38. The van der Waals surface area contributed by atoms with Crippen molar-refractivity contribution in [3.63, 3.8) is 0 Å². The van der Waals surface area contributed by atoms with E-state index in [9.17, 15) is 14.4 Å². The molecule has 0 aliphatic carbocycles. The minimum atomic E-state index is -0.591. The fraction of sp³-hybridized carbons (Fsp3) is 0.211. The smallest absolute Gasteiger partial charge is 0.344 e. The number of fused-ring (bicyclic) bond motifs is 1. The first-order chi connectivity index (χ1) is 12.5. The summed E-state index contributed by atoms with van der Waals surface area (Å²) < 4.78 is 12.8. The first-order valence-corrected chi connectivity index (χ1v) is 7.99. The van der Waals surface area contributed by atoms with Crippen LogP contribution in [0.2, 0.25) is 0 Å². The van der Waals surface area contributed by atoms with E-state index in [2.05, 4.69) is 0 Å². The van der Waals surface area contributed by atoms with Gasteiger partial charge in [0.25, 0.3) is 5.56 Å². The molecule has 0 amide bonds. The monoisotopic (exact) mass is 354 g/mol. The van der Waals surface area contributed by atoms with Gasteiger partial charge < -0.3 is 9.47 Å². The highest BCUT2D eigenvalue weighted by molar-refractivity contribution is 5.83. The second kappa shape index (κ2) is 7.26. The summed E-state index contributed by atoms with van der Waals surface area (Å²) in [6, 6.07) is 14.6. The van der Waals surface area contributed by atoms with Gasteiger partial charge in [0.1, 0.15) is 12.4 Å². The molecule has 1 heterocycles. The molecular formula is C19H18N2O5. The maximum absolute atomic E-state index is 11.9. The van der Waals surface area contributed by atoms with Crippen LogP contribution < -0.4 is 16.0 Å². The van der Waals surface area contributed by atoms with Crippen LogP contribution in [0.3, 0.4) is 0 Å². The van der Waals surface area contributed by atoms with Crippen LogP contribution in [0.4, 0.5) is 0 Å². The molecule has 134 valence electrons. The van der Waals surface area contributed by atoms with E-state index in [1.54, 1.807) is 6.07 Å². The third-order valence-corrected chi connectivity index (χ3v) is 4.08. The zero-order valence-electron chi connectivity index (χ0n) is 14.5. The molecule has 0 unspecified atom stereocenters. The molecule has 2 aromatic carbocycles. The van der Waals surface area contributed by atoms with Gasteiger partial charge in [0.2, 0.25) is 0 Å². The summed E-state index contributed by atoms with van der Waals surface area (Å²) >= 11 is 0. The van der Waals surface area contributed by atoms with Crippen molar-refractivity contribution in [2.45, 2.75) is 6.61 Å². The van der Waals surface area contributed by atoms with Gasteiger partial charge >= 0.3 is 11.7 Å². The van der Waals surface area contributed by atoms with E-state index < -0.39 is 17.2 Å². The topological polar surface area (TPSA) is 79.5 Å². The quantitative estimate of drug-likeness (QED) is 0.647. The molecule has 0 aliphatic heterocycles. The molecular weight excluding hydrogens is 336 g/mol. The Bertz CT molecular complexity index is 1080. The maximum Gasteiger partial charge on any atom is 0.344 e. The van der Waals surface area contributed by atoms with Gasteiger partial charge in [-0.2, -0.15) is 0 Å². The molecule has 0 atom stereocenters. The number of hydrogen-bond donors (Lipinski definition) is 0. The zero-order chi connectivity index (χ0) is 18.7. The molecule has 0 saturated carbocycles. The van der Waals surface area contributed by atoms with Crippen molar-refractivity contribution in [1.82, 2.24) is 9.13 Å². The molecule has 26 heavy (non-hydrogen) atoms. The van der Waals surface area contributed by atoms with E-state index in [0.717, 1.165) is 15.3 Å². The molecule has 0 saturated heterocycles. The average Bonchev–Trinajstić information content (AvgIpc) is 2.66. The minimum Gasteiger partial charge on any atom is -0.482 e. The first-order valence-electron chi connectivity index (χ1n) is 7.99. The number of hydrogen-bond acceptors (Lipinski definition) is 5. The van der Waals surface area contributed by atoms with Gasteiger partial charge in [0.15, 0.2) is 6.61 Å². The average molecular weight is 354 g/mol. The summed E-state index contributed by atoms with van der Waals surface area (Å²) in [6.07, 6.45) is 0. The number of benzene rings is 2. The Morgan fingerprint density at radius 1 is 0.962 bits per heavy atom. The van der Waals surface area contributed by atoms with Gasteiger partial charge in [-0.1, -0.05) is 30.3 Å². The Morgan fingerprint density at radius 3 is 2.46 bits per heavy atom. The van der Waals surface area contributed by atoms with Crippen LogP contribution in [0.25, 0.3) is 10.8 Å². The summed E-state index contributed by atoms with van der Waals surface area (Å²) in [4.78, 5) is 35.4. The van der Waals surface area contributed by atoms with E-state index in [0.29, 0.717) is 11.4 Å². The maximum atomic E-state index is 11.9. The lowest BCUT2D eigenvalue weighted by Gasteiger charge is -2.11. The predicted octanol–water partition coefficient (Wildman–Crippen LogP) is 1.36. The number of esters is 1. The number of aromatic nitrogens is 2. The van der Waals surface area contributed by atoms with Gasteiger partial charge in [-0.05, 0) is 22.9 Å². The van der Waals surface area contributed by atoms with E-state index in [1.807, 2.05) is 36.4 Å². The standard InChI is InChI=1S/C19H18N2O5/c1-20-15(10-17(22)21(2)19(20)24)11-26-18(23)12-25-16-8-7-13-5-3-4-6-14(13)9-16/h3-10H,11-12H2,1-2H3. The highest BCUT2D eigenvalue weighted by Gasteiger charge is 2.10. The Kier molecular flexibility index (Phi) is 4.88. The molecule has 0 radical (unpaired) electrons. The number of ether oxygens (including phenoxy) is 2. The number of carbonyl (C=O) groups excluding carboxylic acids is 1. The van der Waals surface area contributed by atoms with Crippen LogP contribution in [-0.2, 0) is 30.2 Å². The number of rotatable bonds is 5. The summed E-state index contributed by atoms with van der Waals surface area (Å²) in [6.45, 7) is -0.446. The largest absolute Gasteiger partial charge is 0.482 e. The number of carbonyl (C=O) groups is 1. The van der Waals surface area contributed by atoms with Crippen LogP contribution in [0.1, 0.15) is 5.69 Å². The number of nitrogens with zero attached hydrogens (tertiary/aromatic N) is 2. The van der Waals surface area contributed by atoms with E-state index in [4.69, 9.17) is 9.47 Å². The SMILES string of the molecule is Cn1c(COC(=O)COc2ccc3ccccc3c2)cc(=O)n(C)c1=O. The lowest BCUT2D eigenvalue weighted by atomic mass is 10.1. The second-order valence-corrected chi connectivity index (χ2v) is 5.83. The molecule has 0 aliphatic rings. The van der Waals surface area contributed by atoms with Gasteiger partial charge in [-0.25, -0.2) is 9.59 Å². The summed E-state index contributed by atoms with van der Waals surface area (Å²) in [5.74, 6) is -0.0343. The third-order valence-electron chi connectivity index (χ3n) is 4.08. The summed E-state index contributed by atoms with van der Waals surface area (Å²) in [5.41, 5.74) is -0.611. The van der Waals surface area contributed by atoms with E-state index in [-0.39, 0.29) is 13.2 Å². The highest BCUT2D eigenvalue weighted by Crippen LogP contribution is 2.20. The van der Waals surface area contributed by atoms with Crippen LogP contribution >= 0.6 is 0 Å². The van der Waals surface area contributed by atoms with Crippen LogP contribution in [0.15, 0.2) is 58.1 Å². The van der Waals surface area contributed by atoms with Crippen molar-refractivity contribution in [2.75, 3.05) is 6.61 Å². The minimum absolute atomic E-state index is 0.179. The van der Waals surface area contributed by atoms with Crippen molar-refractivity contribution in [3.05, 3.63) is 75.1 Å². The van der Waals surface area contributed by atoms with Crippen molar-refractivity contribution in [1.29, 1.82) is 0 Å². The van der Waals surface area contributed by atoms with Gasteiger partial charge in [0, 0.05) is 20.2 Å². The van der Waals surface area contributed by atoms with Crippen molar-refractivity contribution < 1.29 is 14.3 Å². The van der Waals surface area contributed by atoms with Crippen LogP contribution in [-0.4, -0.2) is 21.7 Å². The molecule has 0 spiro atoms. The second-order valence-electron chi connectivity index (χ2n) is 5.83. The predicted molar refractivity (Wildman–Crippen MR) is 96.2 cm³/mol.